The van der Waals surface area contributed by atoms with Gasteiger partial charge in [-0.1, -0.05) is 0 Å². The van der Waals surface area contributed by atoms with Gasteiger partial charge in [0.1, 0.15) is 11.4 Å². The predicted molar refractivity (Wildman–Crippen MR) is 108 cm³/mol. The lowest BCUT2D eigenvalue weighted by Gasteiger charge is -2.33. The summed E-state index contributed by atoms with van der Waals surface area (Å²) < 4.78 is 44.4. The van der Waals surface area contributed by atoms with Gasteiger partial charge in [-0.2, -0.15) is 13.2 Å². The Kier molecular flexibility index (Phi) is 6.31. The molecule has 31 heavy (non-hydrogen) atoms. The molecule has 2 aliphatic rings. The molecular formula is C21H25F3N4O3. The number of aliphatic hydroxyl groups is 1. The number of ether oxygens (including phenoxy) is 1. The smallest absolute Gasteiger partial charge is 0.416 e. The predicted octanol–water partition coefficient (Wildman–Crippen LogP) is 2.81. The second-order valence-corrected chi connectivity index (χ2v) is 7.89. The standard InChI is InChI=1S/C21H25F3N4O3/c22-21(23,24)13-3-4-16(18(30)10-13)19-17-12-31-9-5-15(17)20(27-26-19)25-14-2-1-6-28(11-14)7-8-29/h3-4,10,14,29-30H,1-2,5-9,11-12H2,(H,25,27)/t14-/m1/s1. The van der Waals surface area contributed by atoms with Crippen molar-refractivity contribution in [1.82, 2.24) is 15.1 Å². The maximum absolute atomic E-state index is 12.9. The van der Waals surface area contributed by atoms with E-state index in [1.807, 2.05) is 0 Å². The Morgan fingerprint density at radius 2 is 2.06 bits per heavy atom. The molecule has 4 rings (SSSR count). The molecule has 0 aliphatic carbocycles. The quantitative estimate of drug-likeness (QED) is 0.661. The van der Waals surface area contributed by atoms with E-state index in [0.29, 0.717) is 37.2 Å². The van der Waals surface area contributed by atoms with Crippen LogP contribution in [-0.2, 0) is 23.9 Å². The third-order valence-corrected chi connectivity index (χ3v) is 5.77. The number of fused-ring (bicyclic) bond motifs is 1. The number of hydrogen-bond donors (Lipinski definition) is 3. The first-order chi connectivity index (χ1) is 14.9. The fourth-order valence-corrected chi connectivity index (χ4v) is 4.23. The average Bonchev–Trinajstić information content (AvgIpc) is 2.74. The summed E-state index contributed by atoms with van der Waals surface area (Å²) in [6.07, 6.45) is -1.97. The van der Waals surface area contributed by atoms with Crippen LogP contribution in [0.25, 0.3) is 11.3 Å². The van der Waals surface area contributed by atoms with Crippen LogP contribution in [0.15, 0.2) is 18.2 Å². The van der Waals surface area contributed by atoms with Crippen LogP contribution in [0.1, 0.15) is 29.5 Å². The number of aliphatic hydroxyl groups excluding tert-OH is 1. The molecule has 0 radical (unpaired) electrons. The first-order valence-electron chi connectivity index (χ1n) is 10.3. The normalized spacial score (nSPS) is 19.8. The molecule has 3 heterocycles. The van der Waals surface area contributed by atoms with Crippen LogP contribution in [-0.4, -0.2) is 64.2 Å². The Morgan fingerprint density at radius 1 is 1.23 bits per heavy atom. The lowest BCUT2D eigenvalue weighted by atomic mass is 9.97. The van der Waals surface area contributed by atoms with Crippen molar-refractivity contribution in [2.24, 2.45) is 0 Å². The van der Waals surface area contributed by atoms with Crippen molar-refractivity contribution >= 4 is 5.82 Å². The van der Waals surface area contributed by atoms with Crippen molar-refractivity contribution in [3.8, 4) is 17.0 Å². The van der Waals surface area contributed by atoms with E-state index in [9.17, 15) is 23.4 Å². The summed E-state index contributed by atoms with van der Waals surface area (Å²) in [6, 6.07) is 3.01. The Labute approximate surface area is 177 Å². The zero-order chi connectivity index (χ0) is 22.0. The fraction of sp³-hybridized carbons (Fsp3) is 0.524. The van der Waals surface area contributed by atoms with Gasteiger partial charge in [0.25, 0.3) is 0 Å². The lowest BCUT2D eigenvalue weighted by molar-refractivity contribution is -0.137. The van der Waals surface area contributed by atoms with E-state index < -0.39 is 17.5 Å². The molecule has 0 bridgehead atoms. The Balaban J connectivity index is 1.63. The molecule has 2 aromatic rings. The van der Waals surface area contributed by atoms with Crippen molar-refractivity contribution in [3.05, 3.63) is 34.9 Å². The van der Waals surface area contributed by atoms with Crippen molar-refractivity contribution in [2.75, 3.05) is 38.2 Å². The number of anilines is 1. The maximum Gasteiger partial charge on any atom is 0.416 e. The Hall–Kier alpha value is -2.43. The van der Waals surface area contributed by atoms with Crippen LogP contribution >= 0.6 is 0 Å². The highest BCUT2D eigenvalue weighted by atomic mass is 19.4. The van der Waals surface area contributed by atoms with Gasteiger partial charge in [0.05, 0.1) is 25.4 Å². The van der Waals surface area contributed by atoms with E-state index in [-0.39, 0.29) is 24.8 Å². The summed E-state index contributed by atoms with van der Waals surface area (Å²) in [5.41, 5.74) is 1.24. The van der Waals surface area contributed by atoms with Gasteiger partial charge in [-0.05, 0) is 44.0 Å². The summed E-state index contributed by atoms with van der Waals surface area (Å²) in [4.78, 5) is 2.19. The van der Waals surface area contributed by atoms with E-state index in [0.717, 1.165) is 43.1 Å². The number of nitrogens with one attached hydrogen (secondary N) is 1. The van der Waals surface area contributed by atoms with Gasteiger partial charge in [-0.15, -0.1) is 10.2 Å². The summed E-state index contributed by atoms with van der Waals surface area (Å²) in [6.45, 7) is 3.23. The van der Waals surface area contributed by atoms with Gasteiger partial charge in [-0.25, -0.2) is 0 Å². The van der Waals surface area contributed by atoms with Crippen molar-refractivity contribution < 1.29 is 28.1 Å². The number of aromatic hydroxyl groups is 1. The second-order valence-electron chi connectivity index (χ2n) is 7.89. The largest absolute Gasteiger partial charge is 0.507 e. The average molecular weight is 438 g/mol. The zero-order valence-corrected chi connectivity index (χ0v) is 17.0. The first-order valence-corrected chi connectivity index (χ1v) is 10.3. The molecule has 0 spiro atoms. The highest BCUT2D eigenvalue weighted by Crippen LogP contribution is 2.39. The third kappa shape index (κ3) is 4.76. The van der Waals surface area contributed by atoms with Crippen LogP contribution in [0, 0.1) is 0 Å². The van der Waals surface area contributed by atoms with Gasteiger partial charge < -0.3 is 20.3 Å². The van der Waals surface area contributed by atoms with Crippen molar-refractivity contribution in [3.63, 3.8) is 0 Å². The van der Waals surface area contributed by atoms with Crippen molar-refractivity contribution in [1.29, 1.82) is 0 Å². The molecule has 1 atom stereocenters. The lowest BCUT2D eigenvalue weighted by Crippen LogP contribution is -2.43. The number of benzene rings is 1. The molecule has 3 N–H and O–H groups in total. The monoisotopic (exact) mass is 438 g/mol. The first kappa shape index (κ1) is 21.8. The van der Waals surface area contributed by atoms with Gasteiger partial charge in [0.15, 0.2) is 5.82 Å². The summed E-state index contributed by atoms with van der Waals surface area (Å²) in [5, 5.41) is 31.5. The number of halogens is 3. The molecule has 168 valence electrons. The van der Waals surface area contributed by atoms with Crippen LogP contribution < -0.4 is 5.32 Å². The summed E-state index contributed by atoms with van der Waals surface area (Å²) in [5.74, 6) is 0.147. The number of rotatable bonds is 5. The molecule has 1 aromatic heterocycles. The number of nitrogens with zero attached hydrogens (tertiary/aromatic N) is 3. The zero-order valence-electron chi connectivity index (χ0n) is 17.0. The molecule has 2 aliphatic heterocycles. The number of β-amino-alcohol motifs (C(OH)–C–C–N with tert-alkyl or cyclic N) is 1. The fourth-order valence-electron chi connectivity index (χ4n) is 4.23. The number of hydrogen-bond acceptors (Lipinski definition) is 7. The Morgan fingerprint density at radius 3 is 2.81 bits per heavy atom. The number of alkyl halides is 3. The number of phenolic OH excluding ortho intramolecular Hbond substituents is 1. The van der Waals surface area contributed by atoms with Gasteiger partial charge in [0.2, 0.25) is 0 Å². The number of piperidine rings is 1. The van der Waals surface area contributed by atoms with Gasteiger partial charge in [-0.3, -0.25) is 4.90 Å². The van der Waals surface area contributed by atoms with E-state index >= 15 is 0 Å². The van der Waals surface area contributed by atoms with Crippen LogP contribution in [0.4, 0.5) is 19.0 Å². The molecule has 0 saturated carbocycles. The molecule has 1 aromatic carbocycles. The number of phenols is 1. The minimum Gasteiger partial charge on any atom is -0.507 e. The minimum atomic E-state index is -4.54. The molecule has 0 amide bonds. The second kappa shape index (κ2) is 8.97. The number of likely N-dealkylation sites (tertiary alicyclic amines) is 1. The third-order valence-electron chi connectivity index (χ3n) is 5.77. The topological polar surface area (TPSA) is 90.7 Å². The van der Waals surface area contributed by atoms with Crippen LogP contribution in [0.3, 0.4) is 0 Å². The van der Waals surface area contributed by atoms with Crippen LogP contribution in [0.2, 0.25) is 0 Å². The van der Waals surface area contributed by atoms with Crippen molar-refractivity contribution in [2.45, 2.75) is 38.1 Å². The van der Waals surface area contributed by atoms with E-state index in [4.69, 9.17) is 4.74 Å². The molecule has 10 heteroatoms. The van der Waals surface area contributed by atoms with E-state index in [2.05, 4.69) is 20.4 Å². The highest BCUT2D eigenvalue weighted by molar-refractivity contribution is 5.73. The number of aromatic nitrogens is 2. The summed E-state index contributed by atoms with van der Waals surface area (Å²) in [7, 11) is 0. The molecule has 1 saturated heterocycles. The van der Waals surface area contributed by atoms with E-state index in [1.54, 1.807) is 0 Å². The minimum absolute atomic E-state index is 0.116. The van der Waals surface area contributed by atoms with E-state index in [1.165, 1.54) is 6.07 Å². The Bertz CT molecular complexity index is 937. The summed E-state index contributed by atoms with van der Waals surface area (Å²) >= 11 is 0. The highest BCUT2D eigenvalue weighted by Gasteiger charge is 2.32. The van der Waals surface area contributed by atoms with Crippen LogP contribution in [0.5, 0.6) is 5.75 Å². The molecule has 1 fully saturated rings. The van der Waals surface area contributed by atoms with Gasteiger partial charge >= 0.3 is 6.18 Å². The molecular weight excluding hydrogens is 413 g/mol. The molecule has 0 unspecified atom stereocenters. The molecule has 7 nitrogen and oxygen atoms in total. The van der Waals surface area contributed by atoms with Gasteiger partial charge in [0, 0.05) is 35.8 Å². The SMILES string of the molecule is OCCN1CCC[C@@H](Nc2nnc(-c3ccc(C(F)(F)F)cc3O)c3c2CCOC3)C1. The maximum atomic E-state index is 12.9.